The van der Waals surface area contributed by atoms with E-state index in [4.69, 9.17) is 23.2 Å². The molecular weight excluding hydrogens is 209 g/mol. The molecule has 0 radical (unpaired) electrons. The van der Waals surface area contributed by atoms with E-state index in [0.29, 0.717) is 16.1 Å². The molecular formula is C9H9Cl2NO. The molecule has 0 spiro atoms. The van der Waals surface area contributed by atoms with Crippen LogP contribution in [0.25, 0.3) is 0 Å². The zero-order chi connectivity index (χ0) is 9.42. The molecule has 1 aromatic rings. The summed E-state index contributed by atoms with van der Waals surface area (Å²) in [4.78, 5) is 0. The molecule has 13 heavy (non-hydrogen) atoms. The first kappa shape index (κ1) is 9.13. The third-order valence-corrected chi connectivity index (χ3v) is 2.84. The Morgan fingerprint density at radius 2 is 1.85 bits per heavy atom. The van der Waals surface area contributed by atoms with Crippen molar-refractivity contribution in [2.24, 2.45) is 0 Å². The number of nitrogens with one attached hydrogen (secondary N) is 1. The molecule has 0 aliphatic carbocycles. The molecule has 1 atom stereocenters. The zero-order valence-corrected chi connectivity index (χ0v) is 8.36. The largest absolute Gasteiger partial charge is 0.505 e. The first-order chi connectivity index (χ1) is 6.18. The van der Waals surface area contributed by atoms with Crippen molar-refractivity contribution in [1.29, 1.82) is 0 Å². The minimum atomic E-state index is -0.0357. The summed E-state index contributed by atoms with van der Waals surface area (Å²) in [6.07, 6.45) is 1.09. The van der Waals surface area contributed by atoms with Gasteiger partial charge in [0.25, 0.3) is 0 Å². The van der Waals surface area contributed by atoms with E-state index in [-0.39, 0.29) is 5.75 Å². The zero-order valence-electron chi connectivity index (χ0n) is 6.85. The lowest BCUT2D eigenvalue weighted by molar-refractivity contribution is 0.382. The van der Waals surface area contributed by atoms with Gasteiger partial charge in [-0.05, 0) is 30.7 Å². The van der Waals surface area contributed by atoms with Crippen molar-refractivity contribution < 1.29 is 5.11 Å². The van der Waals surface area contributed by atoms with E-state index in [9.17, 15) is 5.11 Å². The Bertz CT molecular complexity index is 313. The van der Waals surface area contributed by atoms with Crippen molar-refractivity contribution in [2.75, 3.05) is 6.54 Å². The molecule has 1 aromatic carbocycles. The van der Waals surface area contributed by atoms with Crippen LogP contribution in [0.3, 0.4) is 0 Å². The van der Waals surface area contributed by atoms with Gasteiger partial charge in [-0.15, -0.1) is 0 Å². The minimum Gasteiger partial charge on any atom is -0.505 e. The van der Waals surface area contributed by atoms with E-state index in [1.54, 1.807) is 12.1 Å². The van der Waals surface area contributed by atoms with Crippen LogP contribution in [0.4, 0.5) is 0 Å². The third-order valence-electron chi connectivity index (χ3n) is 2.27. The Balaban J connectivity index is 2.37. The van der Waals surface area contributed by atoms with Crippen LogP contribution >= 0.6 is 23.2 Å². The van der Waals surface area contributed by atoms with Crippen LogP contribution < -0.4 is 5.32 Å². The van der Waals surface area contributed by atoms with Gasteiger partial charge in [0.15, 0.2) is 5.75 Å². The summed E-state index contributed by atoms with van der Waals surface area (Å²) in [6, 6.07) is 3.84. The van der Waals surface area contributed by atoms with E-state index < -0.39 is 0 Å². The normalized spacial score (nSPS) is 21.2. The predicted octanol–water partition coefficient (Wildman–Crippen LogP) is 2.73. The highest BCUT2D eigenvalue weighted by Crippen LogP contribution is 2.36. The molecule has 0 aromatic heterocycles. The van der Waals surface area contributed by atoms with E-state index >= 15 is 0 Å². The molecule has 2 rings (SSSR count). The summed E-state index contributed by atoms with van der Waals surface area (Å²) in [5.74, 6) is -0.0357. The average Bonchev–Trinajstić information content (AvgIpc) is 1.96. The van der Waals surface area contributed by atoms with Crippen LogP contribution in [0.2, 0.25) is 10.0 Å². The van der Waals surface area contributed by atoms with Gasteiger partial charge < -0.3 is 10.4 Å². The Labute approximate surface area is 86.5 Å². The highest BCUT2D eigenvalue weighted by Gasteiger charge is 2.20. The molecule has 70 valence electrons. The number of phenolic OH excluding ortho intramolecular Hbond substituents is 1. The van der Waals surface area contributed by atoms with Gasteiger partial charge in [0.1, 0.15) is 0 Å². The molecule has 4 heteroatoms. The molecule has 1 aliphatic heterocycles. The number of rotatable bonds is 1. The molecule has 0 unspecified atom stereocenters. The summed E-state index contributed by atoms with van der Waals surface area (Å²) < 4.78 is 0. The van der Waals surface area contributed by atoms with E-state index in [1.807, 2.05) is 0 Å². The van der Waals surface area contributed by atoms with Crippen LogP contribution in [0, 0.1) is 0 Å². The highest BCUT2D eigenvalue weighted by atomic mass is 35.5. The SMILES string of the molecule is Oc1c(Cl)cc([C@@H]2CCN2)cc1Cl. The smallest absolute Gasteiger partial charge is 0.152 e. The summed E-state index contributed by atoms with van der Waals surface area (Å²) in [7, 11) is 0. The second-order valence-corrected chi connectivity index (χ2v) is 3.94. The van der Waals surface area contributed by atoms with Crippen molar-refractivity contribution >= 4 is 23.2 Å². The molecule has 0 saturated carbocycles. The van der Waals surface area contributed by atoms with Crippen molar-refractivity contribution in [3.63, 3.8) is 0 Å². The third kappa shape index (κ3) is 1.62. The molecule has 2 nitrogen and oxygen atoms in total. The summed E-state index contributed by atoms with van der Waals surface area (Å²) in [5, 5.41) is 13.2. The quantitative estimate of drug-likeness (QED) is 0.759. The fraction of sp³-hybridized carbons (Fsp3) is 0.333. The monoisotopic (exact) mass is 217 g/mol. The van der Waals surface area contributed by atoms with E-state index in [0.717, 1.165) is 18.5 Å². The topological polar surface area (TPSA) is 32.3 Å². The number of hydrogen-bond acceptors (Lipinski definition) is 2. The Hall–Kier alpha value is -0.440. The second-order valence-electron chi connectivity index (χ2n) is 3.13. The standard InChI is InChI=1S/C9H9Cl2NO/c10-6-3-5(8-1-2-12-8)4-7(11)9(6)13/h3-4,8,12-13H,1-2H2/t8-/m0/s1. The average molecular weight is 218 g/mol. The molecule has 2 N–H and O–H groups in total. The second kappa shape index (κ2) is 3.37. The molecule has 1 saturated heterocycles. The van der Waals surface area contributed by atoms with Gasteiger partial charge in [0.2, 0.25) is 0 Å². The maximum absolute atomic E-state index is 9.32. The van der Waals surface area contributed by atoms with Gasteiger partial charge >= 0.3 is 0 Å². The van der Waals surface area contributed by atoms with Crippen LogP contribution in [0.15, 0.2) is 12.1 Å². The first-order valence-electron chi connectivity index (χ1n) is 4.10. The number of aromatic hydroxyl groups is 1. The van der Waals surface area contributed by atoms with E-state index in [2.05, 4.69) is 5.32 Å². The fourth-order valence-corrected chi connectivity index (χ4v) is 1.86. The molecule has 0 bridgehead atoms. The van der Waals surface area contributed by atoms with Gasteiger partial charge in [-0.3, -0.25) is 0 Å². The number of halogens is 2. The maximum Gasteiger partial charge on any atom is 0.152 e. The lowest BCUT2D eigenvalue weighted by atomic mass is 9.98. The Morgan fingerprint density at radius 1 is 1.31 bits per heavy atom. The molecule has 1 heterocycles. The highest BCUT2D eigenvalue weighted by molar-refractivity contribution is 6.37. The fourth-order valence-electron chi connectivity index (χ4n) is 1.36. The summed E-state index contributed by atoms with van der Waals surface area (Å²) >= 11 is 11.6. The Kier molecular flexibility index (Phi) is 2.37. The van der Waals surface area contributed by atoms with Crippen LogP contribution in [0.5, 0.6) is 5.75 Å². The maximum atomic E-state index is 9.32. The summed E-state index contributed by atoms with van der Waals surface area (Å²) in [5.41, 5.74) is 1.04. The van der Waals surface area contributed by atoms with Crippen molar-refractivity contribution in [3.05, 3.63) is 27.7 Å². The van der Waals surface area contributed by atoms with Crippen LogP contribution in [0.1, 0.15) is 18.0 Å². The molecule has 0 amide bonds. The van der Waals surface area contributed by atoms with Gasteiger partial charge in [-0.25, -0.2) is 0 Å². The predicted molar refractivity (Wildman–Crippen MR) is 53.5 cm³/mol. The van der Waals surface area contributed by atoms with E-state index in [1.165, 1.54) is 0 Å². The molecule has 1 fully saturated rings. The van der Waals surface area contributed by atoms with Crippen molar-refractivity contribution in [1.82, 2.24) is 5.32 Å². The van der Waals surface area contributed by atoms with Crippen LogP contribution in [-0.2, 0) is 0 Å². The van der Waals surface area contributed by atoms with Crippen molar-refractivity contribution in [2.45, 2.75) is 12.5 Å². The number of phenols is 1. The van der Waals surface area contributed by atoms with Gasteiger partial charge in [0.05, 0.1) is 10.0 Å². The van der Waals surface area contributed by atoms with Crippen LogP contribution in [-0.4, -0.2) is 11.7 Å². The van der Waals surface area contributed by atoms with Crippen molar-refractivity contribution in [3.8, 4) is 5.75 Å². The molecule has 1 aliphatic rings. The minimum absolute atomic E-state index is 0.0357. The van der Waals surface area contributed by atoms with Gasteiger partial charge in [-0.1, -0.05) is 23.2 Å². The Morgan fingerprint density at radius 3 is 2.23 bits per heavy atom. The first-order valence-corrected chi connectivity index (χ1v) is 4.85. The summed E-state index contributed by atoms with van der Waals surface area (Å²) in [6.45, 7) is 1.03. The lowest BCUT2D eigenvalue weighted by Crippen LogP contribution is -2.34. The lowest BCUT2D eigenvalue weighted by Gasteiger charge is -2.28. The van der Waals surface area contributed by atoms with Gasteiger partial charge in [-0.2, -0.15) is 0 Å². The number of benzene rings is 1. The number of hydrogen-bond donors (Lipinski definition) is 2. The van der Waals surface area contributed by atoms with Gasteiger partial charge in [0, 0.05) is 6.04 Å².